The van der Waals surface area contributed by atoms with Gasteiger partial charge < -0.3 is 5.73 Å². The molecular formula is C9H17N3O2. The van der Waals surface area contributed by atoms with E-state index in [1.807, 2.05) is 0 Å². The molecule has 0 aliphatic heterocycles. The van der Waals surface area contributed by atoms with E-state index in [4.69, 9.17) is 5.73 Å². The van der Waals surface area contributed by atoms with Crippen LogP contribution in [0.5, 0.6) is 0 Å². The fourth-order valence-electron chi connectivity index (χ4n) is 1.90. The summed E-state index contributed by atoms with van der Waals surface area (Å²) >= 11 is 0. The Hall–Kier alpha value is -1.26. The average Bonchev–Trinajstić information content (AvgIpc) is 2.14. The molecule has 1 aliphatic carbocycles. The van der Waals surface area contributed by atoms with Crippen LogP contribution in [0.15, 0.2) is 0 Å². The summed E-state index contributed by atoms with van der Waals surface area (Å²) < 4.78 is 0. The number of carbonyl (C=O) groups is 2. The molecule has 4 N–H and O–H groups in total. The average molecular weight is 199 g/mol. The van der Waals surface area contributed by atoms with Crippen LogP contribution in [0.1, 0.15) is 32.6 Å². The van der Waals surface area contributed by atoms with Crippen LogP contribution in [0.25, 0.3) is 0 Å². The lowest BCUT2D eigenvalue weighted by molar-refractivity contribution is -0.127. The Morgan fingerprint density at radius 3 is 2.57 bits per heavy atom. The third-order valence-electron chi connectivity index (χ3n) is 2.62. The number of nitrogens with one attached hydrogen (secondary N) is 2. The van der Waals surface area contributed by atoms with Gasteiger partial charge in [0, 0.05) is 5.92 Å². The van der Waals surface area contributed by atoms with E-state index in [0.29, 0.717) is 5.92 Å². The Kier molecular flexibility index (Phi) is 3.73. The van der Waals surface area contributed by atoms with Crippen LogP contribution in [0.2, 0.25) is 0 Å². The highest BCUT2D eigenvalue weighted by Gasteiger charge is 2.24. The molecule has 80 valence electrons. The number of nitrogens with two attached hydrogens (primary N) is 1. The van der Waals surface area contributed by atoms with Crippen LogP contribution in [0.4, 0.5) is 4.79 Å². The van der Waals surface area contributed by atoms with Gasteiger partial charge in [-0.15, -0.1) is 0 Å². The van der Waals surface area contributed by atoms with Crippen molar-refractivity contribution in [2.24, 2.45) is 17.6 Å². The second kappa shape index (κ2) is 4.83. The maximum Gasteiger partial charge on any atom is 0.330 e. The summed E-state index contributed by atoms with van der Waals surface area (Å²) in [5, 5.41) is 0. The first-order valence-corrected chi connectivity index (χ1v) is 4.95. The van der Waals surface area contributed by atoms with Gasteiger partial charge in [-0.25, -0.2) is 10.2 Å². The molecule has 1 rings (SSSR count). The Bertz CT molecular complexity index is 230. The fraction of sp³-hybridized carbons (Fsp3) is 0.778. The van der Waals surface area contributed by atoms with Crippen molar-refractivity contribution in [3.05, 3.63) is 0 Å². The van der Waals surface area contributed by atoms with Gasteiger partial charge in [0.25, 0.3) is 0 Å². The van der Waals surface area contributed by atoms with Crippen molar-refractivity contribution in [2.75, 3.05) is 0 Å². The lowest BCUT2D eigenvalue weighted by Crippen LogP contribution is -2.47. The Morgan fingerprint density at radius 2 is 2.00 bits per heavy atom. The highest BCUT2D eigenvalue weighted by molar-refractivity contribution is 5.82. The number of primary amides is 1. The predicted molar refractivity (Wildman–Crippen MR) is 52.0 cm³/mol. The molecule has 0 radical (unpaired) electrons. The SMILES string of the molecule is CC1CCCC(C(=O)NNC(N)=O)C1. The monoisotopic (exact) mass is 199 g/mol. The summed E-state index contributed by atoms with van der Waals surface area (Å²) in [7, 11) is 0. The number of carbonyl (C=O) groups excluding carboxylic acids is 2. The van der Waals surface area contributed by atoms with E-state index in [-0.39, 0.29) is 11.8 Å². The summed E-state index contributed by atoms with van der Waals surface area (Å²) in [6, 6.07) is -0.734. The van der Waals surface area contributed by atoms with Crippen LogP contribution in [0, 0.1) is 11.8 Å². The van der Waals surface area contributed by atoms with Gasteiger partial charge in [0.15, 0.2) is 0 Å². The number of hydrogen-bond acceptors (Lipinski definition) is 2. The maximum atomic E-state index is 11.5. The van der Waals surface area contributed by atoms with Crippen molar-refractivity contribution < 1.29 is 9.59 Å². The van der Waals surface area contributed by atoms with Crippen LogP contribution in [0.3, 0.4) is 0 Å². The summed E-state index contributed by atoms with van der Waals surface area (Å²) in [6.45, 7) is 2.14. The number of hydrogen-bond donors (Lipinski definition) is 3. The zero-order valence-corrected chi connectivity index (χ0v) is 8.38. The molecule has 0 heterocycles. The van der Waals surface area contributed by atoms with Gasteiger partial charge in [0.2, 0.25) is 5.91 Å². The van der Waals surface area contributed by atoms with Crippen LogP contribution in [-0.4, -0.2) is 11.9 Å². The summed E-state index contributed by atoms with van der Waals surface area (Å²) in [5.74, 6) is 0.481. The molecular weight excluding hydrogens is 182 g/mol. The molecule has 2 atom stereocenters. The van der Waals surface area contributed by atoms with E-state index in [0.717, 1.165) is 19.3 Å². The molecule has 1 saturated carbocycles. The van der Waals surface area contributed by atoms with Crippen molar-refractivity contribution in [3.63, 3.8) is 0 Å². The molecule has 5 heteroatoms. The second-order valence-corrected chi connectivity index (χ2v) is 3.95. The van der Waals surface area contributed by atoms with Crippen molar-refractivity contribution in [1.29, 1.82) is 0 Å². The largest absolute Gasteiger partial charge is 0.350 e. The highest BCUT2D eigenvalue weighted by Crippen LogP contribution is 2.28. The fourth-order valence-corrected chi connectivity index (χ4v) is 1.90. The van der Waals surface area contributed by atoms with Crippen molar-refractivity contribution in [1.82, 2.24) is 10.9 Å². The van der Waals surface area contributed by atoms with Gasteiger partial charge in [-0.1, -0.05) is 19.8 Å². The van der Waals surface area contributed by atoms with Gasteiger partial charge in [-0.2, -0.15) is 0 Å². The molecule has 2 unspecified atom stereocenters. The Morgan fingerprint density at radius 1 is 1.29 bits per heavy atom. The maximum absolute atomic E-state index is 11.5. The zero-order valence-electron chi connectivity index (χ0n) is 8.38. The highest BCUT2D eigenvalue weighted by atomic mass is 16.2. The molecule has 0 aromatic carbocycles. The van der Waals surface area contributed by atoms with Gasteiger partial charge in [-0.3, -0.25) is 10.2 Å². The molecule has 5 nitrogen and oxygen atoms in total. The minimum atomic E-state index is -0.734. The molecule has 0 aromatic heterocycles. The van der Waals surface area contributed by atoms with Gasteiger partial charge in [-0.05, 0) is 18.8 Å². The molecule has 3 amide bonds. The summed E-state index contributed by atoms with van der Waals surface area (Å²) in [6.07, 6.45) is 4.06. The van der Waals surface area contributed by atoms with Crippen LogP contribution < -0.4 is 16.6 Å². The Labute approximate surface area is 83.4 Å². The number of rotatable bonds is 1. The lowest BCUT2D eigenvalue weighted by Gasteiger charge is -2.25. The minimum absolute atomic E-state index is 0.0191. The third kappa shape index (κ3) is 3.24. The minimum Gasteiger partial charge on any atom is -0.350 e. The zero-order chi connectivity index (χ0) is 10.6. The smallest absolute Gasteiger partial charge is 0.330 e. The molecule has 1 fully saturated rings. The van der Waals surface area contributed by atoms with Crippen LogP contribution >= 0.6 is 0 Å². The van der Waals surface area contributed by atoms with E-state index in [9.17, 15) is 9.59 Å². The van der Waals surface area contributed by atoms with E-state index < -0.39 is 6.03 Å². The molecule has 0 saturated heterocycles. The van der Waals surface area contributed by atoms with Gasteiger partial charge in [0.05, 0.1) is 0 Å². The van der Waals surface area contributed by atoms with Gasteiger partial charge in [0.1, 0.15) is 0 Å². The van der Waals surface area contributed by atoms with Gasteiger partial charge >= 0.3 is 6.03 Å². The number of urea groups is 1. The summed E-state index contributed by atoms with van der Waals surface area (Å²) in [4.78, 5) is 21.8. The number of amides is 3. The first-order chi connectivity index (χ1) is 6.59. The molecule has 1 aliphatic rings. The topological polar surface area (TPSA) is 84.2 Å². The standard InChI is InChI=1S/C9H17N3O2/c1-6-3-2-4-7(5-6)8(13)11-12-9(10)14/h6-7H,2-5H2,1H3,(H,11,13)(H3,10,12,14). The number of hydrazine groups is 1. The lowest BCUT2D eigenvalue weighted by atomic mass is 9.82. The van der Waals surface area contributed by atoms with Crippen molar-refractivity contribution in [3.8, 4) is 0 Å². The first kappa shape index (κ1) is 10.8. The third-order valence-corrected chi connectivity index (χ3v) is 2.62. The molecule has 0 bridgehead atoms. The van der Waals surface area contributed by atoms with Crippen molar-refractivity contribution >= 4 is 11.9 Å². The van der Waals surface area contributed by atoms with E-state index in [1.54, 1.807) is 0 Å². The van der Waals surface area contributed by atoms with E-state index in [1.165, 1.54) is 6.42 Å². The predicted octanol–water partition coefficient (Wildman–Crippen LogP) is 0.512. The van der Waals surface area contributed by atoms with E-state index in [2.05, 4.69) is 17.8 Å². The molecule has 14 heavy (non-hydrogen) atoms. The molecule has 0 aromatic rings. The Balaban J connectivity index is 2.32. The first-order valence-electron chi connectivity index (χ1n) is 4.95. The summed E-state index contributed by atoms with van der Waals surface area (Å²) in [5.41, 5.74) is 9.24. The van der Waals surface area contributed by atoms with E-state index >= 15 is 0 Å². The quantitative estimate of drug-likeness (QED) is 0.538. The van der Waals surface area contributed by atoms with Crippen LogP contribution in [-0.2, 0) is 4.79 Å². The van der Waals surface area contributed by atoms with Crippen molar-refractivity contribution in [2.45, 2.75) is 32.6 Å². The molecule has 0 spiro atoms. The normalized spacial score (nSPS) is 26.6. The second-order valence-electron chi connectivity index (χ2n) is 3.95.